The minimum absolute atomic E-state index is 0.0354. The second-order valence-electron chi connectivity index (χ2n) is 4.22. The number of thioether (sulfide) groups is 1. The molecule has 1 heterocycles. The van der Waals surface area contributed by atoms with Gasteiger partial charge in [-0.1, -0.05) is 0 Å². The molecule has 20 heavy (non-hydrogen) atoms. The molecule has 0 fully saturated rings. The molecular weight excluding hydrogens is 406 g/mol. The minimum atomic E-state index is -0.0354. The number of anilines is 1. The third-order valence-corrected chi connectivity index (χ3v) is 4.71. The van der Waals surface area contributed by atoms with E-state index in [0.717, 1.165) is 26.0 Å². The number of halogens is 2. The molecule has 0 aliphatic rings. The van der Waals surface area contributed by atoms with E-state index in [1.165, 1.54) is 11.8 Å². The van der Waals surface area contributed by atoms with Crippen LogP contribution in [-0.4, -0.2) is 11.7 Å². The topological polar surface area (TPSA) is 42.2 Å². The summed E-state index contributed by atoms with van der Waals surface area (Å²) in [7, 11) is 0. The maximum absolute atomic E-state index is 11.9. The molecule has 0 radical (unpaired) electrons. The van der Waals surface area contributed by atoms with Crippen molar-refractivity contribution in [2.75, 3.05) is 11.1 Å². The Kier molecular flexibility index (Phi) is 5.74. The molecule has 106 valence electrons. The number of carbonyl (C=O) groups is 1. The zero-order valence-corrected chi connectivity index (χ0v) is 14.8. The molecule has 1 aromatic carbocycles. The van der Waals surface area contributed by atoms with Crippen LogP contribution in [0.4, 0.5) is 5.69 Å². The van der Waals surface area contributed by atoms with Gasteiger partial charge in [-0.05, 0) is 68.6 Å². The number of hydrogen-bond donors (Lipinski definition) is 1. The van der Waals surface area contributed by atoms with Gasteiger partial charge in [0.2, 0.25) is 5.91 Å². The van der Waals surface area contributed by atoms with Crippen molar-refractivity contribution in [3.8, 4) is 0 Å². The minimum Gasteiger partial charge on any atom is -0.468 e. The van der Waals surface area contributed by atoms with Crippen LogP contribution in [0.5, 0.6) is 0 Å². The Morgan fingerprint density at radius 2 is 2.05 bits per heavy atom. The maximum Gasteiger partial charge on any atom is 0.234 e. The summed E-state index contributed by atoms with van der Waals surface area (Å²) < 4.78 is 6.96. The molecule has 0 saturated carbocycles. The van der Waals surface area contributed by atoms with Crippen molar-refractivity contribution in [2.24, 2.45) is 0 Å². The summed E-state index contributed by atoms with van der Waals surface area (Å²) in [6.07, 6.45) is 1.64. The molecule has 0 aliphatic heterocycles. The second-order valence-corrected chi connectivity index (χ2v) is 6.92. The zero-order chi connectivity index (χ0) is 14.5. The fourth-order valence-electron chi connectivity index (χ4n) is 1.63. The highest BCUT2D eigenvalue weighted by Crippen LogP contribution is 2.32. The third-order valence-electron chi connectivity index (χ3n) is 2.51. The highest BCUT2D eigenvalue weighted by atomic mass is 79.9. The summed E-state index contributed by atoms with van der Waals surface area (Å²) in [5.74, 6) is 1.91. The van der Waals surface area contributed by atoms with Crippen molar-refractivity contribution in [1.82, 2.24) is 0 Å². The van der Waals surface area contributed by atoms with E-state index < -0.39 is 0 Å². The first-order chi connectivity index (χ1) is 9.56. The summed E-state index contributed by atoms with van der Waals surface area (Å²) in [6.45, 7) is 2.00. The van der Waals surface area contributed by atoms with Crippen LogP contribution in [0.3, 0.4) is 0 Å². The Labute approximate surface area is 138 Å². The molecular formula is C14H13Br2NO2S. The van der Waals surface area contributed by atoms with Crippen LogP contribution in [-0.2, 0) is 10.5 Å². The molecule has 2 aromatic rings. The highest BCUT2D eigenvalue weighted by molar-refractivity contribution is 9.11. The molecule has 0 spiro atoms. The Bertz CT molecular complexity index is 576. The number of aryl methyl sites for hydroxylation is 1. The first-order valence-electron chi connectivity index (χ1n) is 5.92. The lowest BCUT2D eigenvalue weighted by Crippen LogP contribution is -2.15. The number of nitrogens with one attached hydrogen (secondary N) is 1. The van der Waals surface area contributed by atoms with Gasteiger partial charge in [0, 0.05) is 8.95 Å². The van der Waals surface area contributed by atoms with Gasteiger partial charge in [-0.3, -0.25) is 4.79 Å². The van der Waals surface area contributed by atoms with Gasteiger partial charge < -0.3 is 9.73 Å². The number of rotatable bonds is 5. The van der Waals surface area contributed by atoms with Gasteiger partial charge >= 0.3 is 0 Å². The third kappa shape index (κ3) is 4.40. The largest absolute Gasteiger partial charge is 0.468 e. The fraction of sp³-hybridized carbons (Fsp3) is 0.214. The molecule has 6 heteroatoms. The molecule has 3 nitrogen and oxygen atoms in total. The van der Waals surface area contributed by atoms with E-state index in [-0.39, 0.29) is 5.91 Å². The lowest BCUT2D eigenvalue weighted by Gasteiger charge is -2.10. The lowest BCUT2D eigenvalue weighted by molar-refractivity contribution is -0.113. The summed E-state index contributed by atoms with van der Waals surface area (Å²) in [6, 6.07) is 7.68. The maximum atomic E-state index is 11.9. The second kappa shape index (κ2) is 7.33. The van der Waals surface area contributed by atoms with Gasteiger partial charge in [-0.25, -0.2) is 0 Å². The van der Waals surface area contributed by atoms with Crippen LogP contribution in [0.15, 0.2) is 43.9 Å². The van der Waals surface area contributed by atoms with Crippen LogP contribution in [0, 0.1) is 6.92 Å². The van der Waals surface area contributed by atoms with Gasteiger partial charge in [0.15, 0.2) is 0 Å². The zero-order valence-electron chi connectivity index (χ0n) is 10.8. The van der Waals surface area contributed by atoms with Gasteiger partial charge in [0.25, 0.3) is 0 Å². The summed E-state index contributed by atoms with van der Waals surface area (Å²) in [5, 5.41) is 2.90. The predicted octanol–water partition coefficient (Wildman–Crippen LogP) is 4.98. The molecule has 0 saturated heterocycles. The van der Waals surface area contributed by atoms with E-state index in [9.17, 15) is 4.79 Å². The molecule has 0 aliphatic carbocycles. The highest BCUT2D eigenvalue weighted by Gasteiger charge is 2.10. The Morgan fingerprint density at radius 3 is 2.65 bits per heavy atom. The quantitative estimate of drug-likeness (QED) is 0.743. The smallest absolute Gasteiger partial charge is 0.234 e. The van der Waals surface area contributed by atoms with Crippen molar-refractivity contribution >= 4 is 55.2 Å². The van der Waals surface area contributed by atoms with Crippen LogP contribution in [0.1, 0.15) is 11.3 Å². The predicted molar refractivity (Wildman–Crippen MR) is 90.1 cm³/mol. The van der Waals surface area contributed by atoms with Crippen molar-refractivity contribution in [3.05, 3.63) is 50.8 Å². The van der Waals surface area contributed by atoms with E-state index in [1.807, 2.05) is 31.2 Å². The number of benzene rings is 1. The van der Waals surface area contributed by atoms with Gasteiger partial charge in [0.05, 0.1) is 23.5 Å². The van der Waals surface area contributed by atoms with Gasteiger partial charge in [-0.15, -0.1) is 11.8 Å². The van der Waals surface area contributed by atoms with Crippen LogP contribution in [0.25, 0.3) is 0 Å². The van der Waals surface area contributed by atoms with Crippen LogP contribution < -0.4 is 5.32 Å². The van der Waals surface area contributed by atoms with Crippen LogP contribution in [0.2, 0.25) is 0 Å². The van der Waals surface area contributed by atoms with E-state index in [2.05, 4.69) is 37.2 Å². The Hall–Kier alpha value is -0.720. The first kappa shape index (κ1) is 15.7. The number of carbonyl (C=O) groups excluding carboxylic acids is 1. The molecule has 1 amide bonds. The summed E-state index contributed by atoms with van der Waals surface area (Å²) in [4.78, 5) is 11.9. The Balaban J connectivity index is 1.88. The summed E-state index contributed by atoms with van der Waals surface area (Å²) >= 11 is 8.44. The monoisotopic (exact) mass is 417 g/mol. The van der Waals surface area contributed by atoms with E-state index >= 15 is 0 Å². The van der Waals surface area contributed by atoms with Crippen molar-refractivity contribution in [3.63, 3.8) is 0 Å². The lowest BCUT2D eigenvalue weighted by atomic mass is 10.2. The van der Waals surface area contributed by atoms with Crippen LogP contribution >= 0.6 is 43.6 Å². The van der Waals surface area contributed by atoms with Gasteiger partial charge in [-0.2, -0.15) is 0 Å². The first-order valence-corrected chi connectivity index (χ1v) is 8.66. The average molecular weight is 419 g/mol. The van der Waals surface area contributed by atoms with Crippen molar-refractivity contribution < 1.29 is 9.21 Å². The molecule has 0 bridgehead atoms. The molecule has 1 N–H and O–H groups in total. The normalized spacial score (nSPS) is 10.6. The number of hydrogen-bond acceptors (Lipinski definition) is 3. The number of amides is 1. The SMILES string of the molecule is Cc1cc(Br)c(NC(=O)CSCc2ccco2)c(Br)c1. The van der Waals surface area contributed by atoms with E-state index in [4.69, 9.17) is 4.42 Å². The summed E-state index contributed by atoms with van der Waals surface area (Å²) in [5.41, 5.74) is 1.88. The molecule has 2 rings (SSSR count). The molecule has 0 atom stereocenters. The Morgan fingerprint density at radius 1 is 1.35 bits per heavy atom. The standard InChI is InChI=1S/C14H13Br2NO2S/c1-9-5-11(15)14(12(16)6-9)17-13(18)8-20-7-10-3-2-4-19-10/h2-6H,7-8H2,1H3,(H,17,18). The molecule has 1 aromatic heterocycles. The fourth-order valence-corrected chi connectivity index (χ4v) is 3.97. The van der Waals surface area contributed by atoms with E-state index in [0.29, 0.717) is 11.5 Å². The van der Waals surface area contributed by atoms with Crippen molar-refractivity contribution in [1.29, 1.82) is 0 Å². The number of furan rings is 1. The molecule has 0 unspecified atom stereocenters. The van der Waals surface area contributed by atoms with Gasteiger partial charge in [0.1, 0.15) is 5.76 Å². The van der Waals surface area contributed by atoms with Crippen molar-refractivity contribution in [2.45, 2.75) is 12.7 Å². The van der Waals surface area contributed by atoms with E-state index in [1.54, 1.807) is 6.26 Å². The average Bonchev–Trinajstić information content (AvgIpc) is 2.87.